The first kappa shape index (κ1) is 8.80. The zero-order chi connectivity index (χ0) is 9.14. The summed E-state index contributed by atoms with van der Waals surface area (Å²) >= 11 is 0. The summed E-state index contributed by atoms with van der Waals surface area (Å²) in [6.07, 6.45) is 3.42. The molecule has 3 N–H and O–H groups in total. The number of aryl methyl sites for hydroxylation is 1. The molecule has 1 rings (SSSR count). The van der Waals surface area contributed by atoms with Crippen LogP contribution in [0.1, 0.15) is 11.1 Å². The molecule has 0 aliphatic rings. The molecule has 0 saturated carbocycles. The van der Waals surface area contributed by atoms with Crippen molar-refractivity contribution in [3.8, 4) is 0 Å². The van der Waals surface area contributed by atoms with Gasteiger partial charge in [-0.1, -0.05) is 0 Å². The van der Waals surface area contributed by atoms with Gasteiger partial charge in [0.2, 0.25) is 0 Å². The topological polar surface area (TPSA) is 76.5 Å². The van der Waals surface area contributed by atoms with Gasteiger partial charge in [0.15, 0.2) is 0 Å². The van der Waals surface area contributed by atoms with Gasteiger partial charge < -0.3 is 15.3 Å². The van der Waals surface area contributed by atoms with E-state index < -0.39 is 12.0 Å². The highest BCUT2D eigenvalue weighted by Crippen LogP contribution is 2.10. The molecule has 1 heterocycles. The van der Waals surface area contributed by atoms with Gasteiger partial charge >= 0.3 is 5.97 Å². The summed E-state index contributed by atoms with van der Waals surface area (Å²) in [7, 11) is 0. The maximum atomic E-state index is 10.4. The van der Waals surface area contributed by atoms with Gasteiger partial charge in [-0.15, -0.1) is 0 Å². The Hall–Kier alpha value is -1.29. The Morgan fingerprint density at radius 1 is 1.75 bits per heavy atom. The van der Waals surface area contributed by atoms with Crippen molar-refractivity contribution < 1.29 is 14.3 Å². The lowest BCUT2D eigenvalue weighted by molar-refractivity contribution is -0.138. The van der Waals surface area contributed by atoms with E-state index in [1.807, 2.05) is 6.92 Å². The molecular formula is C8H11NO3. The van der Waals surface area contributed by atoms with Gasteiger partial charge in [-0.05, 0) is 18.1 Å². The molecule has 0 amide bonds. The first-order chi connectivity index (χ1) is 5.61. The van der Waals surface area contributed by atoms with Crippen molar-refractivity contribution in [3.05, 3.63) is 23.7 Å². The maximum absolute atomic E-state index is 10.4. The predicted molar refractivity (Wildman–Crippen MR) is 42.8 cm³/mol. The number of rotatable bonds is 3. The highest BCUT2D eigenvalue weighted by molar-refractivity contribution is 5.73. The van der Waals surface area contributed by atoms with Crippen LogP contribution in [-0.2, 0) is 11.2 Å². The van der Waals surface area contributed by atoms with Crippen LogP contribution in [0.25, 0.3) is 0 Å². The van der Waals surface area contributed by atoms with Crippen molar-refractivity contribution in [1.82, 2.24) is 0 Å². The molecule has 1 aromatic heterocycles. The smallest absolute Gasteiger partial charge is 0.320 e. The van der Waals surface area contributed by atoms with E-state index in [4.69, 9.17) is 15.3 Å². The fourth-order valence-corrected chi connectivity index (χ4v) is 0.920. The van der Waals surface area contributed by atoms with E-state index in [0.717, 1.165) is 11.1 Å². The molecule has 1 atom stereocenters. The lowest BCUT2D eigenvalue weighted by Gasteiger charge is -2.03. The van der Waals surface area contributed by atoms with Crippen LogP contribution in [0.3, 0.4) is 0 Å². The maximum Gasteiger partial charge on any atom is 0.320 e. The second-order valence-electron chi connectivity index (χ2n) is 2.73. The summed E-state index contributed by atoms with van der Waals surface area (Å²) in [5, 5.41) is 8.52. The molecule has 0 radical (unpaired) electrons. The van der Waals surface area contributed by atoms with Gasteiger partial charge in [-0.2, -0.15) is 0 Å². The van der Waals surface area contributed by atoms with Crippen molar-refractivity contribution in [2.45, 2.75) is 19.4 Å². The Labute approximate surface area is 70.0 Å². The molecule has 4 heteroatoms. The molecule has 0 aromatic carbocycles. The van der Waals surface area contributed by atoms with Crippen molar-refractivity contribution in [2.24, 2.45) is 5.73 Å². The van der Waals surface area contributed by atoms with Crippen LogP contribution in [0.15, 0.2) is 16.9 Å². The lowest BCUT2D eigenvalue weighted by atomic mass is 10.1. The molecule has 0 aliphatic carbocycles. The Bertz CT molecular complexity index is 280. The molecule has 12 heavy (non-hydrogen) atoms. The normalized spacial score (nSPS) is 12.8. The second-order valence-corrected chi connectivity index (χ2v) is 2.73. The predicted octanol–water partition coefficient (Wildman–Crippen LogP) is 0.542. The third kappa shape index (κ3) is 1.85. The molecule has 0 aliphatic heterocycles. The summed E-state index contributed by atoms with van der Waals surface area (Å²) in [6, 6.07) is -0.846. The summed E-state index contributed by atoms with van der Waals surface area (Å²) in [4.78, 5) is 10.4. The number of nitrogens with two attached hydrogens (primary N) is 1. The highest BCUT2D eigenvalue weighted by Gasteiger charge is 2.13. The zero-order valence-corrected chi connectivity index (χ0v) is 6.78. The first-order valence-corrected chi connectivity index (χ1v) is 3.61. The van der Waals surface area contributed by atoms with Crippen molar-refractivity contribution in [2.75, 3.05) is 0 Å². The van der Waals surface area contributed by atoms with Gasteiger partial charge in [0.25, 0.3) is 0 Å². The van der Waals surface area contributed by atoms with Gasteiger partial charge in [-0.25, -0.2) is 0 Å². The molecule has 0 spiro atoms. The highest BCUT2D eigenvalue weighted by atomic mass is 16.4. The van der Waals surface area contributed by atoms with E-state index in [1.54, 1.807) is 6.26 Å². The van der Waals surface area contributed by atoms with Crippen LogP contribution >= 0.6 is 0 Å². The van der Waals surface area contributed by atoms with Crippen molar-refractivity contribution in [3.63, 3.8) is 0 Å². The van der Waals surface area contributed by atoms with Crippen molar-refractivity contribution in [1.29, 1.82) is 0 Å². The quantitative estimate of drug-likeness (QED) is 0.692. The van der Waals surface area contributed by atoms with Crippen LogP contribution in [0.2, 0.25) is 0 Å². The van der Waals surface area contributed by atoms with Gasteiger partial charge in [0, 0.05) is 6.42 Å². The Kier molecular flexibility index (Phi) is 2.50. The summed E-state index contributed by atoms with van der Waals surface area (Å²) in [5.74, 6) is -0.990. The number of carboxylic acids is 1. The largest absolute Gasteiger partial charge is 0.480 e. The Morgan fingerprint density at radius 3 is 2.83 bits per heavy atom. The summed E-state index contributed by atoms with van der Waals surface area (Å²) < 4.78 is 4.88. The molecule has 1 unspecified atom stereocenters. The minimum absolute atomic E-state index is 0.317. The number of aliphatic carboxylic acids is 1. The van der Waals surface area contributed by atoms with E-state index >= 15 is 0 Å². The third-order valence-electron chi connectivity index (χ3n) is 1.72. The Balaban J connectivity index is 2.64. The standard InChI is InChI=1S/C8H11NO3/c1-5-3-12-4-6(5)2-7(9)8(10)11/h3-4,7H,2,9H2,1H3,(H,10,11). The van der Waals surface area contributed by atoms with E-state index in [1.165, 1.54) is 6.26 Å². The molecular weight excluding hydrogens is 158 g/mol. The molecule has 0 saturated heterocycles. The van der Waals surface area contributed by atoms with E-state index in [2.05, 4.69) is 0 Å². The average molecular weight is 169 g/mol. The molecule has 66 valence electrons. The average Bonchev–Trinajstić information content (AvgIpc) is 2.36. The number of carboxylic acid groups (broad SMARTS) is 1. The zero-order valence-electron chi connectivity index (χ0n) is 6.78. The number of hydrogen-bond acceptors (Lipinski definition) is 3. The van der Waals surface area contributed by atoms with Crippen molar-refractivity contribution >= 4 is 5.97 Å². The Morgan fingerprint density at radius 2 is 2.42 bits per heavy atom. The third-order valence-corrected chi connectivity index (χ3v) is 1.72. The number of hydrogen-bond donors (Lipinski definition) is 2. The van der Waals surface area contributed by atoms with E-state index in [0.29, 0.717) is 6.42 Å². The second kappa shape index (κ2) is 3.40. The van der Waals surface area contributed by atoms with E-state index in [-0.39, 0.29) is 0 Å². The summed E-state index contributed by atoms with van der Waals surface area (Å²) in [6.45, 7) is 1.85. The van der Waals surface area contributed by atoms with Crippen LogP contribution in [0.5, 0.6) is 0 Å². The van der Waals surface area contributed by atoms with Gasteiger partial charge in [0.1, 0.15) is 6.04 Å². The minimum Gasteiger partial charge on any atom is -0.480 e. The van der Waals surface area contributed by atoms with Crippen LogP contribution in [0.4, 0.5) is 0 Å². The van der Waals surface area contributed by atoms with Crippen LogP contribution in [0, 0.1) is 6.92 Å². The fourth-order valence-electron chi connectivity index (χ4n) is 0.920. The lowest BCUT2D eigenvalue weighted by Crippen LogP contribution is -2.32. The molecule has 4 nitrogen and oxygen atoms in total. The SMILES string of the molecule is Cc1cocc1CC(N)C(=O)O. The van der Waals surface area contributed by atoms with Crippen LogP contribution < -0.4 is 5.73 Å². The van der Waals surface area contributed by atoms with Crippen LogP contribution in [-0.4, -0.2) is 17.1 Å². The van der Waals surface area contributed by atoms with E-state index in [9.17, 15) is 4.79 Å². The molecule has 0 bridgehead atoms. The van der Waals surface area contributed by atoms with Gasteiger partial charge in [0.05, 0.1) is 12.5 Å². The summed E-state index contributed by atoms with van der Waals surface area (Å²) in [5.41, 5.74) is 7.12. The minimum atomic E-state index is -0.990. The molecule has 1 aromatic rings. The monoisotopic (exact) mass is 169 g/mol. The number of furan rings is 1. The first-order valence-electron chi connectivity index (χ1n) is 3.61. The number of carbonyl (C=O) groups is 1. The van der Waals surface area contributed by atoms with Gasteiger partial charge in [-0.3, -0.25) is 4.79 Å². The molecule has 0 fully saturated rings. The fraction of sp³-hybridized carbons (Fsp3) is 0.375.